The van der Waals surface area contributed by atoms with Gasteiger partial charge in [-0.25, -0.2) is 0 Å². The molecule has 74 valence electrons. The number of carbonyl (C=O) groups is 2. The highest BCUT2D eigenvalue weighted by Gasteiger charge is 2.21. The van der Waals surface area contributed by atoms with Gasteiger partial charge >= 0.3 is 0 Å². The van der Waals surface area contributed by atoms with Crippen molar-refractivity contribution in [3.63, 3.8) is 0 Å². The average molecular weight is 183 g/mol. The Hall–Kier alpha value is -0.860. The number of hydrogen-bond acceptors (Lipinski definition) is 2. The van der Waals surface area contributed by atoms with Gasteiger partial charge in [-0.1, -0.05) is 13.8 Å². The first-order valence-electron chi connectivity index (χ1n) is 4.91. The van der Waals surface area contributed by atoms with Crippen LogP contribution >= 0.6 is 0 Å². The molecule has 0 bridgehead atoms. The quantitative estimate of drug-likeness (QED) is 0.613. The maximum absolute atomic E-state index is 11.6. The van der Waals surface area contributed by atoms with Crippen molar-refractivity contribution in [3.05, 3.63) is 0 Å². The highest BCUT2D eigenvalue weighted by molar-refractivity contribution is 5.87. The smallest absolute Gasteiger partial charge is 0.225 e. The minimum atomic E-state index is 0.00546. The second-order valence-corrected chi connectivity index (χ2v) is 3.91. The number of amides is 1. The first-order chi connectivity index (χ1) is 6.11. The number of likely N-dealkylation sites (tertiary alicyclic amines) is 1. The third-order valence-electron chi connectivity index (χ3n) is 2.31. The molecule has 0 N–H and O–H groups in total. The van der Waals surface area contributed by atoms with Crippen molar-refractivity contribution in [1.82, 2.24) is 4.90 Å². The summed E-state index contributed by atoms with van der Waals surface area (Å²) in [5.74, 6) is 0.313. The Morgan fingerprint density at radius 3 is 2.69 bits per heavy atom. The van der Waals surface area contributed by atoms with Crippen LogP contribution in [-0.4, -0.2) is 29.7 Å². The molecule has 0 saturated carbocycles. The molecule has 3 heteroatoms. The number of nitrogens with zero attached hydrogens (tertiary/aromatic N) is 1. The lowest BCUT2D eigenvalue weighted by Crippen LogP contribution is -2.37. The first kappa shape index (κ1) is 10.2. The SMILES string of the molecule is CC(C)C(=O)N1CCCCC(=O)C1. The summed E-state index contributed by atoms with van der Waals surface area (Å²) in [6.45, 7) is 4.83. The van der Waals surface area contributed by atoms with Gasteiger partial charge in [0, 0.05) is 18.9 Å². The highest BCUT2D eigenvalue weighted by atomic mass is 16.2. The number of Topliss-reactive ketones (excluding diaryl/α,β-unsaturated/α-hetero) is 1. The molecule has 3 nitrogen and oxygen atoms in total. The average Bonchev–Trinajstić information content (AvgIpc) is 2.28. The van der Waals surface area contributed by atoms with Crippen molar-refractivity contribution in [2.45, 2.75) is 33.1 Å². The Kier molecular flexibility index (Phi) is 3.46. The molecule has 0 aromatic heterocycles. The van der Waals surface area contributed by atoms with Crippen molar-refractivity contribution in [2.75, 3.05) is 13.1 Å². The van der Waals surface area contributed by atoms with Gasteiger partial charge in [0.2, 0.25) is 5.91 Å². The Balaban J connectivity index is 2.57. The lowest BCUT2D eigenvalue weighted by atomic mass is 10.2. The Bertz CT molecular complexity index is 211. The zero-order valence-electron chi connectivity index (χ0n) is 8.38. The van der Waals surface area contributed by atoms with Gasteiger partial charge < -0.3 is 4.90 Å². The van der Waals surface area contributed by atoms with Crippen LogP contribution in [0.5, 0.6) is 0 Å². The second kappa shape index (κ2) is 4.40. The van der Waals surface area contributed by atoms with Crippen LogP contribution in [0.2, 0.25) is 0 Å². The maximum atomic E-state index is 11.6. The molecule has 0 unspecified atom stereocenters. The standard InChI is InChI=1S/C10H17NO2/c1-8(2)10(13)11-6-4-3-5-9(12)7-11/h8H,3-7H2,1-2H3. The fourth-order valence-corrected chi connectivity index (χ4v) is 1.55. The molecule has 1 fully saturated rings. The molecular weight excluding hydrogens is 166 g/mol. The molecule has 0 aliphatic carbocycles. The van der Waals surface area contributed by atoms with E-state index in [1.807, 2.05) is 13.8 Å². The summed E-state index contributed by atoms with van der Waals surface area (Å²) in [6, 6.07) is 0. The molecule has 0 radical (unpaired) electrons. The van der Waals surface area contributed by atoms with Crippen LogP contribution in [0.1, 0.15) is 33.1 Å². The molecule has 1 aliphatic heterocycles. The van der Waals surface area contributed by atoms with E-state index >= 15 is 0 Å². The zero-order valence-corrected chi connectivity index (χ0v) is 8.38. The number of rotatable bonds is 1. The van der Waals surface area contributed by atoms with Gasteiger partial charge in [0.15, 0.2) is 5.78 Å². The fraction of sp³-hybridized carbons (Fsp3) is 0.800. The first-order valence-corrected chi connectivity index (χ1v) is 4.91. The van der Waals surface area contributed by atoms with Crippen molar-refractivity contribution in [1.29, 1.82) is 0 Å². The second-order valence-electron chi connectivity index (χ2n) is 3.91. The van der Waals surface area contributed by atoms with Crippen LogP contribution in [0, 0.1) is 5.92 Å². The normalized spacial score (nSPS) is 19.0. The van der Waals surface area contributed by atoms with E-state index in [1.54, 1.807) is 4.90 Å². The van der Waals surface area contributed by atoms with Gasteiger partial charge in [-0.3, -0.25) is 9.59 Å². The molecule has 0 spiro atoms. The van der Waals surface area contributed by atoms with Gasteiger partial charge in [0.05, 0.1) is 6.54 Å². The van der Waals surface area contributed by atoms with E-state index in [-0.39, 0.29) is 17.6 Å². The van der Waals surface area contributed by atoms with Crippen LogP contribution in [0.4, 0.5) is 0 Å². The van der Waals surface area contributed by atoms with E-state index in [0.717, 1.165) is 19.4 Å². The Morgan fingerprint density at radius 2 is 2.08 bits per heavy atom. The zero-order chi connectivity index (χ0) is 9.84. The third kappa shape index (κ3) is 2.83. The molecule has 0 aromatic carbocycles. The summed E-state index contributed by atoms with van der Waals surface area (Å²) in [6.07, 6.45) is 2.53. The Morgan fingerprint density at radius 1 is 1.38 bits per heavy atom. The van der Waals surface area contributed by atoms with E-state index in [1.165, 1.54) is 0 Å². The van der Waals surface area contributed by atoms with Gasteiger partial charge in [-0.05, 0) is 12.8 Å². The lowest BCUT2D eigenvalue weighted by molar-refractivity contribution is -0.137. The van der Waals surface area contributed by atoms with Crippen molar-refractivity contribution < 1.29 is 9.59 Å². The van der Waals surface area contributed by atoms with Crippen LogP contribution in [-0.2, 0) is 9.59 Å². The summed E-state index contributed by atoms with van der Waals surface area (Å²) in [4.78, 5) is 24.5. The molecule has 1 heterocycles. The number of hydrogen-bond donors (Lipinski definition) is 0. The third-order valence-corrected chi connectivity index (χ3v) is 2.31. The Labute approximate surface area is 79.1 Å². The van der Waals surface area contributed by atoms with Gasteiger partial charge in [-0.15, -0.1) is 0 Å². The van der Waals surface area contributed by atoms with Crippen LogP contribution < -0.4 is 0 Å². The van der Waals surface area contributed by atoms with Crippen molar-refractivity contribution in [2.24, 2.45) is 5.92 Å². The van der Waals surface area contributed by atoms with E-state index in [9.17, 15) is 9.59 Å². The highest BCUT2D eigenvalue weighted by Crippen LogP contribution is 2.10. The summed E-state index contributed by atoms with van der Waals surface area (Å²) in [7, 11) is 0. The van der Waals surface area contributed by atoms with E-state index in [4.69, 9.17) is 0 Å². The van der Waals surface area contributed by atoms with Gasteiger partial charge in [-0.2, -0.15) is 0 Å². The molecule has 0 atom stereocenters. The van der Waals surface area contributed by atoms with Gasteiger partial charge in [0.25, 0.3) is 0 Å². The molecular formula is C10H17NO2. The summed E-state index contributed by atoms with van der Waals surface area (Å²) >= 11 is 0. The van der Waals surface area contributed by atoms with Crippen LogP contribution in [0.25, 0.3) is 0 Å². The monoisotopic (exact) mass is 183 g/mol. The minimum Gasteiger partial charge on any atom is -0.335 e. The largest absolute Gasteiger partial charge is 0.335 e. The predicted molar refractivity (Wildman–Crippen MR) is 50.3 cm³/mol. The molecule has 1 amide bonds. The molecule has 0 aromatic rings. The summed E-state index contributed by atoms with van der Waals surface area (Å²) in [5, 5.41) is 0. The minimum absolute atomic E-state index is 0.00546. The van der Waals surface area contributed by atoms with Crippen LogP contribution in [0.3, 0.4) is 0 Å². The molecule has 1 rings (SSSR count). The number of ketones is 1. The predicted octanol–water partition coefficient (Wildman–Crippen LogP) is 1.22. The molecule has 1 aliphatic rings. The molecule has 1 saturated heterocycles. The molecule has 13 heavy (non-hydrogen) atoms. The van der Waals surface area contributed by atoms with E-state index < -0.39 is 0 Å². The topological polar surface area (TPSA) is 37.4 Å². The fourth-order valence-electron chi connectivity index (χ4n) is 1.55. The van der Waals surface area contributed by atoms with E-state index in [0.29, 0.717) is 13.0 Å². The maximum Gasteiger partial charge on any atom is 0.225 e. The van der Waals surface area contributed by atoms with Crippen LogP contribution in [0.15, 0.2) is 0 Å². The number of carbonyl (C=O) groups excluding carboxylic acids is 2. The summed E-state index contributed by atoms with van der Waals surface area (Å²) in [5.41, 5.74) is 0. The van der Waals surface area contributed by atoms with E-state index in [2.05, 4.69) is 0 Å². The van der Waals surface area contributed by atoms with Crippen molar-refractivity contribution in [3.8, 4) is 0 Å². The summed E-state index contributed by atoms with van der Waals surface area (Å²) < 4.78 is 0. The lowest BCUT2D eigenvalue weighted by Gasteiger charge is -2.21. The van der Waals surface area contributed by atoms with Crippen molar-refractivity contribution >= 4 is 11.7 Å². The van der Waals surface area contributed by atoms with Gasteiger partial charge in [0.1, 0.15) is 0 Å².